The van der Waals surface area contributed by atoms with E-state index < -0.39 is 5.97 Å². The van der Waals surface area contributed by atoms with E-state index in [2.05, 4.69) is 22.1 Å². The maximum atomic E-state index is 11.0. The van der Waals surface area contributed by atoms with E-state index in [-0.39, 0.29) is 11.3 Å². The van der Waals surface area contributed by atoms with Crippen LogP contribution in [0.5, 0.6) is 0 Å². The Morgan fingerprint density at radius 3 is 3.10 bits per heavy atom. The molecule has 6 nitrogen and oxygen atoms in total. The third-order valence-electron chi connectivity index (χ3n) is 4.03. The first kappa shape index (κ1) is 15.6. The van der Waals surface area contributed by atoms with Crippen molar-refractivity contribution in [2.24, 2.45) is 0 Å². The van der Waals surface area contributed by atoms with Crippen LogP contribution in [0.1, 0.15) is 43.0 Å². The second-order valence-electron chi connectivity index (χ2n) is 5.62. The Morgan fingerprint density at radius 1 is 1.57 bits per heavy atom. The van der Waals surface area contributed by atoms with Gasteiger partial charge in [-0.2, -0.15) is 0 Å². The Morgan fingerprint density at radius 2 is 2.38 bits per heavy atom. The minimum absolute atomic E-state index is 0.0946. The van der Waals surface area contributed by atoms with Crippen LogP contribution >= 0.6 is 0 Å². The molecule has 2 rings (SSSR count). The van der Waals surface area contributed by atoms with Gasteiger partial charge in [-0.1, -0.05) is 6.42 Å². The summed E-state index contributed by atoms with van der Waals surface area (Å²) < 4.78 is 0. The van der Waals surface area contributed by atoms with Gasteiger partial charge in [0.2, 0.25) is 0 Å². The SMILES string of the molecule is CC1CCCCN1CCCNc1cc(C(=O)O)c(N)cn1. The van der Waals surface area contributed by atoms with Crippen LogP contribution in [0.3, 0.4) is 0 Å². The smallest absolute Gasteiger partial charge is 0.337 e. The van der Waals surface area contributed by atoms with Gasteiger partial charge in [0.1, 0.15) is 5.82 Å². The van der Waals surface area contributed by atoms with Crippen LogP contribution in [0.25, 0.3) is 0 Å². The number of nitrogens with two attached hydrogens (primary N) is 1. The highest BCUT2D eigenvalue weighted by molar-refractivity contribution is 5.94. The molecule has 0 aliphatic carbocycles. The van der Waals surface area contributed by atoms with Gasteiger partial charge in [0, 0.05) is 19.1 Å². The average molecular weight is 292 g/mol. The fourth-order valence-corrected chi connectivity index (χ4v) is 2.74. The first-order valence-electron chi connectivity index (χ1n) is 7.54. The summed E-state index contributed by atoms with van der Waals surface area (Å²) in [6.45, 7) is 5.31. The molecule has 0 radical (unpaired) electrons. The molecule has 1 aliphatic heterocycles. The van der Waals surface area contributed by atoms with Gasteiger partial charge >= 0.3 is 5.97 Å². The van der Waals surface area contributed by atoms with Crippen LogP contribution in [-0.2, 0) is 0 Å². The van der Waals surface area contributed by atoms with E-state index in [1.165, 1.54) is 38.1 Å². The molecule has 1 saturated heterocycles. The second-order valence-corrected chi connectivity index (χ2v) is 5.62. The maximum Gasteiger partial charge on any atom is 0.337 e. The van der Waals surface area contributed by atoms with Crippen molar-refractivity contribution in [3.05, 3.63) is 17.8 Å². The highest BCUT2D eigenvalue weighted by Gasteiger charge is 2.17. The molecule has 0 spiro atoms. The van der Waals surface area contributed by atoms with Crippen molar-refractivity contribution in [2.45, 2.75) is 38.6 Å². The number of nitrogens with one attached hydrogen (secondary N) is 1. The highest BCUT2D eigenvalue weighted by atomic mass is 16.4. The Balaban J connectivity index is 1.78. The number of likely N-dealkylation sites (tertiary alicyclic amines) is 1. The van der Waals surface area contributed by atoms with Crippen molar-refractivity contribution in [3.63, 3.8) is 0 Å². The number of anilines is 2. The lowest BCUT2D eigenvalue weighted by Gasteiger charge is -2.33. The van der Waals surface area contributed by atoms with Crippen LogP contribution < -0.4 is 11.1 Å². The predicted molar refractivity (Wildman–Crippen MR) is 83.6 cm³/mol. The molecule has 0 bridgehead atoms. The quantitative estimate of drug-likeness (QED) is 0.695. The molecule has 1 unspecified atom stereocenters. The van der Waals surface area contributed by atoms with Crippen molar-refractivity contribution in [2.75, 3.05) is 30.7 Å². The molecule has 1 atom stereocenters. The van der Waals surface area contributed by atoms with E-state index in [4.69, 9.17) is 10.8 Å². The minimum atomic E-state index is -1.03. The molecule has 116 valence electrons. The number of piperidine rings is 1. The first-order valence-corrected chi connectivity index (χ1v) is 7.54. The largest absolute Gasteiger partial charge is 0.478 e. The molecule has 0 amide bonds. The fourth-order valence-electron chi connectivity index (χ4n) is 2.74. The van der Waals surface area contributed by atoms with E-state index >= 15 is 0 Å². The lowest BCUT2D eigenvalue weighted by Crippen LogP contribution is -2.38. The van der Waals surface area contributed by atoms with Crippen molar-refractivity contribution < 1.29 is 9.90 Å². The summed E-state index contributed by atoms with van der Waals surface area (Å²) in [5.74, 6) is -0.464. The van der Waals surface area contributed by atoms with Crippen LogP contribution in [0.2, 0.25) is 0 Å². The number of carboxylic acids is 1. The highest BCUT2D eigenvalue weighted by Crippen LogP contribution is 2.17. The molecule has 1 aliphatic rings. The molecule has 4 N–H and O–H groups in total. The summed E-state index contributed by atoms with van der Waals surface area (Å²) in [5, 5.41) is 12.2. The number of pyridine rings is 1. The van der Waals surface area contributed by atoms with E-state index in [1.54, 1.807) is 0 Å². The van der Waals surface area contributed by atoms with Gasteiger partial charge in [0.05, 0.1) is 17.4 Å². The molecule has 0 aromatic carbocycles. The van der Waals surface area contributed by atoms with E-state index in [0.29, 0.717) is 11.9 Å². The minimum Gasteiger partial charge on any atom is -0.478 e. The van der Waals surface area contributed by atoms with Crippen LogP contribution in [0, 0.1) is 0 Å². The number of hydrogen-bond acceptors (Lipinski definition) is 5. The van der Waals surface area contributed by atoms with Crippen molar-refractivity contribution in [1.82, 2.24) is 9.88 Å². The van der Waals surface area contributed by atoms with Gasteiger partial charge in [0.25, 0.3) is 0 Å². The van der Waals surface area contributed by atoms with E-state index in [0.717, 1.165) is 19.5 Å². The molecule has 2 heterocycles. The van der Waals surface area contributed by atoms with Crippen molar-refractivity contribution in [3.8, 4) is 0 Å². The van der Waals surface area contributed by atoms with E-state index in [9.17, 15) is 4.79 Å². The van der Waals surface area contributed by atoms with Crippen molar-refractivity contribution in [1.29, 1.82) is 0 Å². The Labute approximate surface area is 125 Å². The standard InChI is InChI=1S/C15H24N4O2/c1-11-5-2-3-7-19(11)8-4-6-17-14-9-12(15(20)21)13(16)10-18-14/h9-11H,2-8,16H2,1H3,(H,17,18)(H,20,21). The van der Waals surface area contributed by atoms with Gasteiger partial charge in [0.15, 0.2) is 0 Å². The zero-order valence-corrected chi connectivity index (χ0v) is 12.5. The second kappa shape index (κ2) is 7.26. The fraction of sp³-hybridized carbons (Fsp3) is 0.600. The topological polar surface area (TPSA) is 91.5 Å². The predicted octanol–water partition coefficient (Wildman–Crippen LogP) is 2.04. The molecule has 6 heteroatoms. The summed E-state index contributed by atoms with van der Waals surface area (Å²) in [5.41, 5.74) is 5.86. The number of nitrogen functional groups attached to an aromatic ring is 1. The molecular formula is C15H24N4O2. The Hall–Kier alpha value is -1.82. The van der Waals surface area contributed by atoms with E-state index in [1.807, 2.05) is 0 Å². The first-order chi connectivity index (χ1) is 10.1. The summed E-state index contributed by atoms with van der Waals surface area (Å²) >= 11 is 0. The molecule has 21 heavy (non-hydrogen) atoms. The number of carbonyl (C=O) groups is 1. The van der Waals surface area contributed by atoms with Crippen molar-refractivity contribution >= 4 is 17.5 Å². The zero-order valence-electron chi connectivity index (χ0n) is 12.5. The normalized spacial score (nSPS) is 19.4. The lowest BCUT2D eigenvalue weighted by molar-refractivity contribution is 0.0698. The van der Waals surface area contributed by atoms with Gasteiger partial charge in [-0.15, -0.1) is 0 Å². The molecular weight excluding hydrogens is 268 g/mol. The molecule has 1 aromatic rings. The summed E-state index contributed by atoms with van der Waals surface area (Å²) in [6.07, 6.45) is 6.31. The van der Waals surface area contributed by atoms with Crippen LogP contribution in [0.15, 0.2) is 12.3 Å². The third kappa shape index (κ3) is 4.32. The lowest BCUT2D eigenvalue weighted by atomic mass is 10.0. The molecule has 1 fully saturated rings. The van der Waals surface area contributed by atoms with Gasteiger partial charge in [-0.25, -0.2) is 9.78 Å². The number of nitrogens with zero attached hydrogens (tertiary/aromatic N) is 2. The Bertz CT molecular complexity index is 493. The van der Waals surface area contributed by atoms with Gasteiger partial charge in [-0.3, -0.25) is 0 Å². The zero-order chi connectivity index (χ0) is 15.2. The number of aromatic carboxylic acids is 1. The van der Waals surface area contributed by atoms with Crippen LogP contribution in [0.4, 0.5) is 11.5 Å². The Kier molecular flexibility index (Phi) is 5.38. The monoisotopic (exact) mass is 292 g/mol. The van der Waals surface area contributed by atoms with Gasteiger partial charge in [-0.05, 0) is 38.8 Å². The third-order valence-corrected chi connectivity index (χ3v) is 4.03. The maximum absolute atomic E-state index is 11.0. The van der Waals surface area contributed by atoms with Crippen LogP contribution in [-0.4, -0.2) is 46.6 Å². The summed E-state index contributed by atoms with van der Waals surface area (Å²) in [4.78, 5) is 17.6. The number of carboxylic acid groups (broad SMARTS) is 1. The van der Waals surface area contributed by atoms with Gasteiger partial charge < -0.3 is 21.1 Å². The molecule has 1 aromatic heterocycles. The summed E-state index contributed by atoms with van der Waals surface area (Å²) in [6, 6.07) is 2.16. The number of hydrogen-bond donors (Lipinski definition) is 3. The summed E-state index contributed by atoms with van der Waals surface area (Å²) in [7, 11) is 0. The average Bonchev–Trinajstić information content (AvgIpc) is 2.46. The number of rotatable bonds is 6. The molecule has 0 saturated carbocycles. The number of aromatic nitrogens is 1.